The molecule has 0 spiro atoms. The largest absolute Gasteiger partial charge is 0.311 e. The molecule has 2 heteroatoms. The smallest absolute Gasteiger partial charge is 0.0175 e. The van der Waals surface area contributed by atoms with Crippen molar-refractivity contribution in [3.63, 3.8) is 0 Å². The average molecular weight is 324 g/mol. The summed E-state index contributed by atoms with van der Waals surface area (Å²) in [6.45, 7) is 4.61. The van der Waals surface area contributed by atoms with Gasteiger partial charge in [0.2, 0.25) is 0 Å². The lowest BCUT2D eigenvalue weighted by Crippen LogP contribution is -2.44. The van der Waals surface area contributed by atoms with Gasteiger partial charge in [0.15, 0.2) is 0 Å². The molecule has 0 heterocycles. The Morgan fingerprint density at radius 1 is 1.21 bits per heavy atom. The monoisotopic (exact) mass is 323 g/mol. The van der Waals surface area contributed by atoms with Crippen molar-refractivity contribution < 1.29 is 0 Å². The number of hydrogen-bond acceptors (Lipinski definition) is 1. The molecule has 1 aromatic rings. The van der Waals surface area contributed by atoms with E-state index in [1.807, 2.05) is 0 Å². The van der Waals surface area contributed by atoms with Gasteiger partial charge in [-0.2, -0.15) is 0 Å². The molecule has 1 aromatic carbocycles. The molecule has 1 aliphatic rings. The molecule has 0 amide bonds. The van der Waals surface area contributed by atoms with E-state index < -0.39 is 0 Å². The second-order valence-corrected chi connectivity index (χ2v) is 6.90. The van der Waals surface area contributed by atoms with E-state index in [0.717, 1.165) is 12.0 Å². The molecule has 0 bridgehead atoms. The Morgan fingerprint density at radius 2 is 1.89 bits per heavy atom. The Balaban J connectivity index is 1.67. The van der Waals surface area contributed by atoms with Crippen LogP contribution in [0, 0.1) is 0 Å². The lowest BCUT2D eigenvalue weighted by atomic mass is 9.75. The molecule has 0 aliphatic heterocycles. The van der Waals surface area contributed by atoms with E-state index in [2.05, 4.69) is 59.4 Å². The molecule has 0 aromatic heterocycles. The van der Waals surface area contributed by atoms with Gasteiger partial charge in [0.1, 0.15) is 0 Å². The summed E-state index contributed by atoms with van der Waals surface area (Å²) in [4.78, 5) is 0. The van der Waals surface area contributed by atoms with Crippen molar-refractivity contribution in [2.24, 2.45) is 0 Å². The van der Waals surface area contributed by atoms with Gasteiger partial charge in [-0.05, 0) is 49.8 Å². The van der Waals surface area contributed by atoms with Gasteiger partial charge in [0.05, 0.1) is 0 Å². The highest BCUT2D eigenvalue weighted by Gasteiger charge is 2.30. The first-order chi connectivity index (χ1) is 9.19. The summed E-state index contributed by atoms with van der Waals surface area (Å²) in [5.41, 5.74) is 1.50. The number of hydrogen-bond donors (Lipinski definition) is 1. The fraction of sp³-hybridized carbons (Fsp3) is 0.647. The van der Waals surface area contributed by atoms with Crippen molar-refractivity contribution in [2.75, 3.05) is 0 Å². The third-order valence-electron chi connectivity index (χ3n) is 4.24. The summed E-state index contributed by atoms with van der Waals surface area (Å²) in [7, 11) is 0. The lowest BCUT2D eigenvalue weighted by molar-refractivity contribution is 0.263. The van der Waals surface area contributed by atoms with Crippen molar-refractivity contribution in [3.05, 3.63) is 34.3 Å². The predicted octanol–water partition coefficient (Wildman–Crippen LogP) is 5.25. The van der Waals surface area contributed by atoms with Crippen LogP contribution in [0.1, 0.15) is 63.9 Å². The van der Waals surface area contributed by atoms with Crippen LogP contribution in [0.4, 0.5) is 0 Å². The van der Waals surface area contributed by atoms with Gasteiger partial charge < -0.3 is 5.32 Å². The van der Waals surface area contributed by atoms with Gasteiger partial charge >= 0.3 is 0 Å². The summed E-state index contributed by atoms with van der Waals surface area (Å²) < 4.78 is 1.18. The maximum atomic E-state index is 3.78. The Hall–Kier alpha value is -0.340. The average Bonchev–Trinajstić information content (AvgIpc) is 2.35. The highest BCUT2D eigenvalue weighted by molar-refractivity contribution is 9.10. The standard InChI is InChI=1S/C17H26BrN/c1-3-4-5-6-13(2)19-17-11-15(12-17)14-7-9-16(18)10-8-14/h7-10,13,15,17,19H,3-6,11-12H2,1-2H3. The Kier molecular flexibility index (Phi) is 5.90. The molecule has 1 fully saturated rings. The number of benzene rings is 1. The van der Waals surface area contributed by atoms with E-state index >= 15 is 0 Å². The molecule has 1 saturated carbocycles. The van der Waals surface area contributed by atoms with Crippen molar-refractivity contribution in [3.8, 4) is 0 Å². The zero-order valence-corrected chi connectivity index (χ0v) is 13.7. The van der Waals surface area contributed by atoms with Crippen LogP contribution >= 0.6 is 15.9 Å². The van der Waals surface area contributed by atoms with Crippen LogP contribution in [-0.2, 0) is 0 Å². The molecule has 1 N–H and O–H groups in total. The van der Waals surface area contributed by atoms with Crippen LogP contribution in [0.3, 0.4) is 0 Å². The van der Waals surface area contributed by atoms with E-state index in [4.69, 9.17) is 0 Å². The minimum atomic E-state index is 0.683. The zero-order chi connectivity index (χ0) is 13.7. The Morgan fingerprint density at radius 3 is 2.53 bits per heavy atom. The molecule has 106 valence electrons. The minimum Gasteiger partial charge on any atom is -0.311 e. The third-order valence-corrected chi connectivity index (χ3v) is 4.77. The zero-order valence-electron chi connectivity index (χ0n) is 12.2. The summed E-state index contributed by atoms with van der Waals surface area (Å²) in [6, 6.07) is 10.3. The highest BCUT2D eigenvalue weighted by Crippen LogP contribution is 2.37. The van der Waals surface area contributed by atoms with Gasteiger partial charge in [-0.1, -0.05) is 54.2 Å². The maximum Gasteiger partial charge on any atom is 0.0175 e. The summed E-state index contributed by atoms with van der Waals surface area (Å²) in [6.07, 6.45) is 8.00. The van der Waals surface area contributed by atoms with Gasteiger partial charge in [-0.3, -0.25) is 0 Å². The molecule has 19 heavy (non-hydrogen) atoms. The first-order valence-electron chi connectivity index (χ1n) is 7.70. The minimum absolute atomic E-state index is 0.683. The highest BCUT2D eigenvalue weighted by atomic mass is 79.9. The quantitative estimate of drug-likeness (QED) is 0.675. The van der Waals surface area contributed by atoms with Crippen molar-refractivity contribution in [2.45, 2.75) is 70.4 Å². The summed E-state index contributed by atoms with van der Waals surface area (Å²) in [5.74, 6) is 0.772. The van der Waals surface area contributed by atoms with Crippen LogP contribution in [0.2, 0.25) is 0 Å². The first-order valence-corrected chi connectivity index (χ1v) is 8.50. The molecular weight excluding hydrogens is 298 g/mol. The summed E-state index contributed by atoms with van der Waals surface area (Å²) >= 11 is 3.50. The first kappa shape index (κ1) is 15.1. The van der Waals surface area contributed by atoms with Crippen LogP contribution in [-0.4, -0.2) is 12.1 Å². The third kappa shape index (κ3) is 4.61. The molecule has 1 atom stereocenters. The topological polar surface area (TPSA) is 12.0 Å². The van der Waals surface area contributed by atoms with E-state index in [0.29, 0.717) is 6.04 Å². The molecule has 1 aliphatic carbocycles. The molecule has 1 nitrogen and oxygen atoms in total. The molecule has 1 unspecified atom stereocenters. The Labute approximate surface area is 126 Å². The van der Waals surface area contributed by atoms with Crippen molar-refractivity contribution in [1.82, 2.24) is 5.32 Å². The van der Waals surface area contributed by atoms with Crippen LogP contribution in [0.25, 0.3) is 0 Å². The normalized spacial score (nSPS) is 23.9. The van der Waals surface area contributed by atoms with E-state index in [1.165, 1.54) is 48.6 Å². The maximum absolute atomic E-state index is 3.78. The number of halogens is 1. The lowest BCUT2D eigenvalue weighted by Gasteiger charge is -2.38. The Bertz CT molecular complexity index is 367. The molecular formula is C17H26BrN. The second kappa shape index (κ2) is 7.44. The van der Waals surface area contributed by atoms with E-state index in [-0.39, 0.29) is 0 Å². The van der Waals surface area contributed by atoms with Gasteiger partial charge in [-0.25, -0.2) is 0 Å². The van der Waals surface area contributed by atoms with Gasteiger partial charge in [-0.15, -0.1) is 0 Å². The van der Waals surface area contributed by atoms with E-state index in [9.17, 15) is 0 Å². The fourth-order valence-corrected chi connectivity index (χ4v) is 3.21. The van der Waals surface area contributed by atoms with E-state index in [1.54, 1.807) is 0 Å². The van der Waals surface area contributed by atoms with Crippen LogP contribution in [0.5, 0.6) is 0 Å². The summed E-state index contributed by atoms with van der Waals surface area (Å²) in [5, 5.41) is 3.78. The van der Waals surface area contributed by atoms with Gasteiger partial charge in [0.25, 0.3) is 0 Å². The SMILES string of the molecule is CCCCCC(C)NC1CC(c2ccc(Br)cc2)C1. The van der Waals surface area contributed by atoms with Crippen molar-refractivity contribution >= 4 is 15.9 Å². The van der Waals surface area contributed by atoms with Crippen molar-refractivity contribution in [1.29, 1.82) is 0 Å². The second-order valence-electron chi connectivity index (χ2n) is 5.98. The number of rotatable bonds is 7. The van der Waals surface area contributed by atoms with Gasteiger partial charge in [0, 0.05) is 16.6 Å². The number of unbranched alkanes of at least 4 members (excludes halogenated alkanes) is 2. The molecule has 0 saturated heterocycles. The molecule has 0 radical (unpaired) electrons. The van der Waals surface area contributed by atoms with Crippen LogP contribution < -0.4 is 5.32 Å². The molecule has 2 rings (SSSR count). The van der Waals surface area contributed by atoms with Crippen LogP contribution in [0.15, 0.2) is 28.7 Å². The fourth-order valence-electron chi connectivity index (χ4n) is 2.95. The number of nitrogens with one attached hydrogen (secondary N) is 1. The predicted molar refractivity (Wildman–Crippen MR) is 86.6 cm³/mol.